The predicted octanol–water partition coefficient (Wildman–Crippen LogP) is 8.56. The molecule has 0 bridgehead atoms. The van der Waals surface area contributed by atoms with E-state index in [4.69, 9.17) is 9.90 Å². The molecule has 2 N–H and O–H groups in total. The summed E-state index contributed by atoms with van der Waals surface area (Å²) in [5, 5.41) is 18.1. The van der Waals surface area contributed by atoms with Gasteiger partial charge < -0.3 is 20.0 Å². The molecule has 6 aromatic rings. The van der Waals surface area contributed by atoms with Crippen LogP contribution in [0, 0.1) is 0 Å². The van der Waals surface area contributed by atoms with Crippen LogP contribution < -0.4 is 26.5 Å². The first-order chi connectivity index (χ1) is 29.2. The molecule has 60 heavy (non-hydrogen) atoms. The van der Waals surface area contributed by atoms with Crippen molar-refractivity contribution in [1.82, 2.24) is 5.32 Å². The molecule has 0 amide bonds. The van der Waals surface area contributed by atoms with Gasteiger partial charge in [0, 0.05) is 24.2 Å². The summed E-state index contributed by atoms with van der Waals surface area (Å²) in [5.41, 5.74) is -0.499. The van der Waals surface area contributed by atoms with Gasteiger partial charge in [0.25, 0.3) is 5.92 Å². The van der Waals surface area contributed by atoms with E-state index in [1.54, 1.807) is 29.4 Å². The second-order valence-corrected chi connectivity index (χ2v) is 17.8. The number of benzene rings is 6. The number of hydrogen-bond donors (Lipinski definition) is 2. The number of carbonyl (C=O) groups is 1. The van der Waals surface area contributed by atoms with Crippen molar-refractivity contribution in [2.45, 2.75) is 18.8 Å². The molecule has 5 nitrogen and oxygen atoms in total. The third-order valence-electron chi connectivity index (χ3n) is 8.66. The zero-order valence-corrected chi connectivity index (χ0v) is 37.7. The van der Waals surface area contributed by atoms with Gasteiger partial charge in [0.1, 0.15) is 6.61 Å². The Morgan fingerprint density at radius 1 is 0.583 bits per heavy atom. The number of ether oxygens (including phenoxy) is 1. The molecule has 318 valence electrons. The fourth-order valence-corrected chi connectivity index (χ4v) is 10.8. The van der Waals surface area contributed by atoms with E-state index in [-0.39, 0.29) is 17.7 Å². The van der Waals surface area contributed by atoms with Gasteiger partial charge in [0.2, 0.25) is 0 Å². The molecular weight excluding hydrogens is 917 g/mol. The molecule has 0 atom stereocenters. The van der Waals surface area contributed by atoms with E-state index >= 15 is 0 Å². The molecule has 13 heteroatoms. The number of carbonyl (C=O) groups excluding carboxylic acids is 2. The summed E-state index contributed by atoms with van der Waals surface area (Å²) in [6.45, 7) is 5.67. The van der Waals surface area contributed by atoms with E-state index in [0.29, 0.717) is 0 Å². The van der Waals surface area contributed by atoms with E-state index in [9.17, 15) is 22.4 Å². The summed E-state index contributed by atoms with van der Waals surface area (Å²) in [4.78, 5) is 18.6. The number of rotatable bonds is 15. The van der Waals surface area contributed by atoms with Crippen molar-refractivity contribution in [3.05, 3.63) is 193 Å². The quantitative estimate of drug-likeness (QED) is 0.0205. The largest absolute Gasteiger partial charge is 0.310 e. The van der Waals surface area contributed by atoms with Crippen molar-refractivity contribution < 1.29 is 54.3 Å². The zero-order valence-electron chi connectivity index (χ0n) is 33.1. The SMILES string of the molecule is CCOC(=O)C(F)(F)c1ccccc1.OCC(F)(F)c1ccccc1.[CH-]=O.[Cl][RuH+2].c1ccc([PH+](CCNCC[PH+](c2ccccc2)c2ccccc2)c2ccccc2)cc1. The van der Waals surface area contributed by atoms with Crippen LogP contribution in [0.3, 0.4) is 0 Å². The van der Waals surface area contributed by atoms with Gasteiger partial charge in [-0.2, -0.15) is 17.6 Å². The van der Waals surface area contributed by atoms with E-state index in [1.165, 1.54) is 89.0 Å². The van der Waals surface area contributed by atoms with Crippen LogP contribution in [0.2, 0.25) is 0 Å². The Kier molecular flexibility index (Phi) is 26.0. The molecule has 0 aromatic heterocycles. The van der Waals surface area contributed by atoms with Crippen molar-refractivity contribution >= 4 is 59.5 Å². The monoisotopic (exact) mass is 968 g/mol. The molecule has 0 saturated carbocycles. The molecule has 0 heterocycles. The Morgan fingerprint density at radius 3 is 1.15 bits per heavy atom. The molecule has 0 unspecified atom stereocenters. The van der Waals surface area contributed by atoms with E-state index < -0.39 is 40.3 Å². The minimum absolute atomic E-state index is 0.0543. The number of alkyl halides is 4. The van der Waals surface area contributed by atoms with Gasteiger partial charge in [-0.25, -0.2) is 4.79 Å². The topological polar surface area (TPSA) is 75.6 Å². The molecule has 0 spiro atoms. The van der Waals surface area contributed by atoms with Gasteiger partial charge in [0.05, 0.1) is 56.0 Å². The average Bonchev–Trinajstić information content (AvgIpc) is 3.32. The molecule has 6 rings (SSSR count). The summed E-state index contributed by atoms with van der Waals surface area (Å²) in [6.07, 6.45) is 2.41. The third-order valence-corrected chi connectivity index (χ3v) is 14.3. The maximum absolute atomic E-state index is 13.3. The van der Waals surface area contributed by atoms with Gasteiger partial charge in [0.15, 0.2) is 0 Å². The van der Waals surface area contributed by atoms with Crippen LogP contribution in [0.4, 0.5) is 17.6 Å². The van der Waals surface area contributed by atoms with Gasteiger partial charge in [-0.15, -0.1) is 0 Å². The Morgan fingerprint density at radius 2 is 0.867 bits per heavy atom. The van der Waals surface area contributed by atoms with E-state index in [2.05, 4.69) is 148 Å². The van der Waals surface area contributed by atoms with Crippen LogP contribution >= 0.6 is 25.5 Å². The molecule has 0 aliphatic rings. The van der Waals surface area contributed by atoms with Gasteiger partial charge >= 0.3 is 38.9 Å². The standard InChI is InChI=1S/C28H29NP2.C10H10F2O2.C8H8F2O.CHO.ClH.Ru.H/c1-5-13-25(14-6-1)30(26-15-7-2-8-16-26)23-21-29-22-24-31(27-17-9-3-10-18-27)28-19-11-4-12-20-28;1-2-14-9(13)10(11,12)8-6-4-3-5-7-8;9-8(10,6-11)7-4-2-1-3-5-7;1-2;;;/h1-20,29H,21-24H2;3-7H,2H2,1H3;1-5,11H,6H2;1H;1H;;/q;;;-1;;+3;/p+1. The number of halogens is 5. The summed E-state index contributed by atoms with van der Waals surface area (Å²) in [5.74, 6) is -8.18. The molecule has 0 saturated heterocycles. The van der Waals surface area contributed by atoms with Crippen molar-refractivity contribution in [1.29, 1.82) is 0 Å². The Bertz CT molecular complexity index is 1820. The Hall–Kier alpha value is -4.13. The van der Waals surface area contributed by atoms with Crippen LogP contribution in [0.25, 0.3) is 0 Å². The minimum Gasteiger partial charge on any atom is -0.310 e. The van der Waals surface area contributed by atoms with Crippen LogP contribution in [0.15, 0.2) is 182 Å². The fraction of sp³-hybridized carbons (Fsp3) is 0.191. The number of nitrogens with one attached hydrogen (secondary N) is 1. The van der Waals surface area contributed by atoms with Crippen LogP contribution in [-0.2, 0) is 43.5 Å². The number of hydrogen-bond acceptors (Lipinski definition) is 5. The molecule has 0 radical (unpaired) electrons. The second kappa shape index (κ2) is 30.0. The van der Waals surface area contributed by atoms with Gasteiger partial charge in [-0.1, -0.05) is 133 Å². The van der Waals surface area contributed by atoms with Crippen LogP contribution in [-0.4, -0.2) is 56.5 Å². The summed E-state index contributed by atoms with van der Waals surface area (Å²) in [7, 11) is 3.09. The Labute approximate surface area is 367 Å². The van der Waals surface area contributed by atoms with Crippen molar-refractivity contribution in [3.8, 4) is 0 Å². The number of esters is 1. The molecule has 0 fully saturated rings. The molecule has 0 aliphatic heterocycles. The van der Waals surface area contributed by atoms with Crippen molar-refractivity contribution in [2.75, 3.05) is 38.6 Å². The van der Waals surface area contributed by atoms with Gasteiger partial charge in [-0.3, -0.25) is 6.79 Å². The normalized spacial score (nSPS) is 10.6. The Balaban J connectivity index is 0.000000353. The summed E-state index contributed by atoms with van der Waals surface area (Å²) >= 11 is 1.62. The summed E-state index contributed by atoms with van der Waals surface area (Å²) in [6, 6.07) is 58.3. The zero-order chi connectivity index (χ0) is 44.1. The molecular formula is C47H51ClF4NO4P2Ru+3. The van der Waals surface area contributed by atoms with Crippen LogP contribution in [0.5, 0.6) is 0 Å². The third kappa shape index (κ3) is 17.8. The molecule has 6 aromatic carbocycles. The molecule has 0 aliphatic carbocycles. The average molecular weight is 968 g/mol. The van der Waals surface area contributed by atoms with Crippen molar-refractivity contribution in [3.63, 3.8) is 0 Å². The van der Waals surface area contributed by atoms with Gasteiger partial charge in [-0.05, 0) is 55.5 Å². The predicted molar refractivity (Wildman–Crippen MR) is 242 cm³/mol. The van der Waals surface area contributed by atoms with Crippen LogP contribution in [0.1, 0.15) is 18.1 Å². The van der Waals surface area contributed by atoms with Crippen molar-refractivity contribution in [2.24, 2.45) is 0 Å². The second-order valence-electron chi connectivity index (χ2n) is 12.6. The van der Waals surface area contributed by atoms with E-state index in [1.807, 2.05) is 0 Å². The number of aliphatic hydroxyl groups excluding tert-OH is 1. The first kappa shape index (κ1) is 52.0. The minimum atomic E-state index is -3.56. The smallest absolute Gasteiger partial charge is 0.0967 e. The maximum Gasteiger partial charge on any atom is 0.0967 e. The maximum atomic E-state index is 13.3. The number of aliphatic hydroxyl groups is 1. The summed E-state index contributed by atoms with van der Waals surface area (Å²) < 4.78 is 56.1. The van der Waals surface area contributed by atoms with E-state index in [0.717, 1.165) is 13.1 Å². The fourth-order valence-electron chi connectivity index (χ4n) is 5.78. The first-order valence-corrected chi connectivity index (χ1v) is 24.6. The first-order valence-electron chi connectivity index (χ1n) is 18.8.